The van der Waals surface area contributed by atoms with Crippen LogP contribution in [0, 0.1) is 6.92 Å². The Morgan fingerprint density at radius 2 is 2.05 bits per heavy atom. The number of aryl methyl sites for hydroxylation is 3. The summed E-state index contributed by atoms with van der Waals surface area (Å²) in [6, 6.07) is 12.7. The van der Waals surface area contributed by atoms with Gasteiger partial charge in [0, 0.05) is 17.8 Å². The van der Waals surface area contributed by atoms with Crippen LogP contribution in [0.15, 0.2) is 42.6 Å². The van der Waals surface area contributed by atoms with Crippen LogP contribution in [0.25, 0.3) is 0 Å². The number of nitrogens with zero attached hydrogens (tertiary/aromatic N) is 1. The zero-order valence-electron chi connectivity index (χ0n) is 11.9. The lowest BCUT2D eigenvalue weighted by Crippen LogP contribution is -2.18. The molecule has 104 valence electrons. The Bertz CT molecular complexity index is 576. The minimum absolute atomic E-state index is 0.219. The number of hydrogen-bond acceptors (Lipinski definition) is 2. The van der Waals surface area contributed by atoms with Gasteiger partial charge in [0.2, 0.25) is 0 Å². The molecule has 0 aliphatic heterocycles. The third-order valence-corrected chi connectivity index (χ3v) is 4.32. The molecular formula is C18H21NO. The molecule has 2 aromatic rings. The van der Waals surface area contributed by atoms with Gasteiger partial charge in [-0.25, -0.2) is 0 Å². The fourth-order valence-electron chi connectivity index (χ4n) is 3.09. The van der Waals surface area contributed by atoms with Crippen molar-refractivity contribution in [1.29, 1.82) is 0 Å². The van der Waals surface area contributed by atoms with Gasteiger partial charge in [-0.3, -0.25) is 4.98 Å². The van der Waals surface area contributed by atoms with E-state index in [-0.39, 0.29) is 12.0 Å². The van der Waals surface area contributed by atoms with Crippen molar-refractivity contribution in [2.45, 2.75) is 44.6 Å². The summed E-state index contributed by atoms with van der Waals surface area (Å²) >= 11 is 0. The minimum atomic E-state index is -0.285. The van der Waals surface area contributed by atoms with Gasteiger partial charge < -0.3 is 5.11 Å². The van der Waals surface area contributed by atoms with Crippen LogP contribution in [-0.4, -0.2) is 16.2 Å². The van der Waals surface area contributed by atoms with Crippen molar-refractivity contribution in [2.75, 3.05) is 0 Å². The van der Waals surface area contributed by atoms with E-state index in [9.17, 15) is 5.11 Å². The number of pyridine rings is 1. The largest absolute Gasteiger partial charge is 0.392 e. The van der Waals surface area contributed by atoms with Gasteiger partial charge in [0.1, 0.15) is 0 Å². The highest BCUT2D eigenvalue weighted by molar-refractivity contribution is 5.29. The van der Waals surface area contributed by atoms with E-state index in [0.29, 0.717) is 0 Å². The van der Waals surface area contributed by atoms with Crippen molar-refractivity contribution in [3.05, 3.63) is 65.0 Å². The topological polar surface area (TPSA) is 33.1 Å². The van der Waals surface area contributed by atoms with E-state index in [4.69, 9.17) is 0 Å². The molecule has 0 saturated carbocycles. The smallest absolute Gasteiger partial charge is 0.0627 e. The van der Waals surface area contributed by atoms with Gasteiger partial charge in [0.05, 0.1) is 6.10 Å². The van der Waals surface area contributed by atoms with Crippen molar-refractivity contribution in [2.24, 2.45) is 0 Å². The summed E-state index contributed by atoms with van der Waals surface area (Å²) in [6.45, 7) is 2.10. The molecular weight excluding hydrogens is 246 g/mol. The first-order valence-corrected chi connectivity index (χ1v) is 7.41. The number of benzene rings is 1. The molecule has 2 atom stereocenters. The van der Waals surface area contributed by atoms with Crippen molar-refractivity contribution in [3.8, 4) is 0 Å². The van der Waals surface area contributed by atoms with Gasteiger partial charge in [-0.1, -0.05) is 35.9 Å². The molecule has 0 radical (unpaired) electrons. The minimum Gasteiger partial charge on any atom is -0.392 e. The van der Waals surface area contributed by atoms with Crippen molar-refractivity contribution in [3.63, 3.8) is 0 Å². The molecule has 2 unspecified atom stereocenters. The van der Waals surface area contributed by atoms with Crippen LogP contribution in [0.1, 0.15) is 41.1 Å². The van der Waals surface area contributed by atoms with Crippen molar-refractivity contribution in [1.82, 2.24) is 4.98 Å². The predicted octanol–water partition coefficient (Wildman–Crippen LogP) is 3.41. The summed E-state index contributed by atoms with van der Waals surface area (Å²) in [5.74, 6) is 0.219. The average Bonchev–Trinajstić information content (AvgIpc) is 2.90. The molecule has 0 saturated heterocycles. The summed E-state index contributed by atoms with van der Waals surface area (Å²) in [5.41, 5.74) is 5.01. The number of hydrogen-bond donors (Lipinski definition) is 1. The fourth-order valence-corrected chi connectivity index (χ4v) is 3.09. The van der Waals surface area contributed by atoms with Gasteiger partial charge in [-0.15, -0.1) is 0 Å². The zero-order chi connectivity index (χ0) is 13.9. The Labute approximate surface area is 120 Å². The molecule has 2 nitrogen and oxygen atoms in total. The highest BCUT2D eigenvalue weighted by atomic mass is 16.3. The van der Waals surface area contributed by atoms with Crippen LogP contribution in [0.5, 0.6) is 0 Å². The SMILES string of the molecule is Cc1ccc(CCC(O)C2CCc3cccnc32)cc1. The van der Waals surface area contributed by atoms with Crippen LogP contribution in [0.4, 0.5) is 0 Å². The molecule has 1 N–H and O–H groups in total. The second-order valence-corrected chi connectivity index (χ2v) is 5.78. The number of aliphatic hydroxyl groups is 1. The van der Waals surface area contributed by atoms with Crippen molar-refractivity contribution < 1.29 is 5.11 Å². The Morgan fingerprint density at radius 3 is 2.85 bits per heavy atom. The van der Waals surface area contributed by atoms with E-state index < -0.39 is 0 Å². The lowest BCUT2D eigenvalue weighted by molar-refractivity contribution is 0.132. The molecule has 1 heterocycles. The molecule has 1 aliphatic rings. The summed E-state index contributed by atoms with van der Waals surface area (Å²) in [6.07, 6.45) is 5.37. The summed E-state index contributed by atoms with van der Waals surface area (Å²) < 4.78 is 0. The maximum atomic E-state index is 10.5. The second-order valence-electron chi connectivity index (χ2n) is 5.78. The van der Waals surface area contributed by atoms with Crippen LogP contribution in [0.2, 0.25) is 0 Å². The van der Waals surface area contributed by atoms with Crippen LogP contribution < -0.4 is 0 Å². The van der Waals surface area contributed by atoms with E-state index in [1.807, 2.05) is 12.3 Å². The first-order valence-electron chi connectivity index (χ1n) is 7.41. The molecule has 0 spiro atoms. The van der Waals surface area contributed by atoms with E-state index >= 15 is 0 Å². The second kappa shape index (κ2) is 5.76. The first-order chi connectivity index (χ1) is 9.74. The highest BCUT2D eigenvalue weighted by Gasteiger charge is 2.29. The third-order valence-electron chi connectivity index (χ3n) is 4.32. The third kappa shape index (κ3) is 2.75. The Balaban J connectivity index is 1.63. The Kier molecular flexibility index (Phi) is 3.83. The van der Waals surface area contributed by atoms with Crippen LogP contribution >= 0.6 is 0 Å². The molecule has 1 aromatic carbocycles. The van der Waals surface area contributed by atoms with Gasteiger partial charge >= 0.3 is 0 Å². The predicted molar refractivity (Wildman–Crippen MR) is 80.8 cm³/mol. The maximum absolute atomic E-state index is 10.5. The Hall–Kier alpha value is -1.67. The number of rotatable bonds is 4. The summed E-state index contributed by atoms with van der Waals surface area (Å²) in [4.78, 5) is 4.47. The number of fused-ring (bicyclic) bond motifs is 1. The summed E-state index contributed by atoms with van der Waals surface area (Å²) in [7, 11) is 0. The van der Waals surface area contributed by atoms with Crippen LogP contribution in [0.3, 0.4) is 0 Å². The molecule has 0 amide bonds. The standard InChI is InChI=1S/C18H21NO/c1-13-4-6-14(7-5-13)8-11-17(20)16-10-9-15-3-2-12-19-18(15)16/h2-7,12,16-17,20H,8-11H2,1H3. The molecule has 3 rings (SSSR count). The fraction of sp³-hybridized carbons (Fsp3) is 0.389. The molecule has 1 aliphatic carbocycles. The van der Waals surface area contributed by atoms with Gasteiger partial charge in [-0.05, 0) is 49.8 Å². The van der Waals surface area contributed by atoms with E-state index in [0.717, 1.165) is 31.4 Å². The normalized spacial score (nSPS) is 18.8. The zero-order valence-corrected chi connectivity index (χ0v) is 11.9. The maximum Gasteiger partial charge on any atom is 0.0627 e. The van der Waals surface area contributed by atoms with Gasteiger partial charge in [0.15, 0.2) is 0 Å². The molecule has 2 heteroatoms. The summed E-state index contributed by atoms with van der Waals surface area (Å²) in [5, 5.41) is 10.5. The highest BCUT2D eigenvalue weighted by Crippen LogP contribution is 2.35. The monoisotopic (exact) mass is 267 g/mol. The average molecular weight is 267 g/mol. The molecule has 0 fully saturated rings. The molecule has 20 heavy (non-hydrogen) atoms. The lowest BCUT2D eigenvalue weighted by Gasteiger charge is -2.18. The van der Waals surface area contributed by atoms with E-state index in [1.54, 1.807) is 0 Å². The van der Waals surface area contributed by atoms with Gasteiger partial charge in [0.25, 0.3) is 0 Å². The molecule has 1 aromatic heterocycles. The number of aromatic nitrogens is 1. The first kappa shape index (κ1) is 13.3. The van der Waals surface area contributed by atoms with E-state index in [1.165, 1.54) is 16.7 Å². The van der Waals surface area contributed by atoms with Crippen molar-refractivity contribution >= 4 is 0 Å². The Morgan fingerprint density at radius 1 is 1.25 bits per heavy atom. The lowest BCUT2D eigenvalue weighted by atomic mass is 9.94. The van der Waals surface area contributed by atoms with Crippen LogP contribution in [-0.2, 0) is 12.8 Å². The molecule has 0 bridgehead atoms. The quantitative estimate of drug-likeness (QED) is 0.921. The van der Waals surface area contributed by atoms with E-state index in [2.05, 4.69) is 42.2 Å². The van der Waals surface area contributed by atoms with Gasteiger partial charge in [-0.2, -0.15) is 0 Å². The number of aliphatic hydroxyl groups excluding tert-OH is 1.